The third-order valence-corrected chi connectivity index (χ3v) is 9.62. The topological polar surface area (TPSA) is 45.2 Å². The van der Waals surface area contributed by atoms with E-state index in [-0.39, 0.29) is 11.8 Å². The summed E-state index contributed by atoms with van der Waals surface area (Å²) < 4.78 is 0. The molecule has 3 nitrogen and oxygen atoms in total. The van der Waals surface area contributed by atoms with Crippen molar-refractivity contribution in [3.05, 3.63) is 136 Å². The molecule has 2 fully saturated rings. The van der Waals surface area contributed by atoms with E-state index in [2.05, 4.69) is 95.4 Å². The van der Waals surface area contributed by atoms with Gasteiger partial charge in [-0.15, -0.1) is 0 Å². The summed E-state index contributed by atoms with van der Waals surface area (Å²) >= 11 is 0. The van der Waals surface area contributed by atoms with E-state index in [4.69, 9.17) is 4.98 Å². The molecule has 0 saturated heterocycles. The highest BCUT2D eigenvalue weighted by molar-refractivity contribution is 5.47. The number of likely N-dealkylation sites (N-methyl/N-ethyl adjacent to an activating group) is 1. The molecule has 3 aliphatic carbocycles. The first-order valence-electron chi connectivity index (χ1n) is 15.7. The summed E-state index contributed by atoms with van der Waals surface area (Å²) in [6.45, 7) is 19.0. The maximum atomic E-state index is 9.87. The first-order valence-corrected chi connectivity index (χ1v) is 15.7. The zero-order valence-corrected chi connectivity index (χ0v) is 26.1. The first-order chi connectivity index (χ1) is 20.2. The Labute approximate surface area is 253 Å². The van der Waals surface area contributed by atoms with Gasteiger partial charge >= 0.3 is 0 Å². The SMILES string of the molecule is C=C/C(=C(/CCc1ccc(C)c(C(CC2=CC=C(C(=C)O)CC2=C)C2CC2)n1)C(NC)c1c(C)cccc1C)C1CC1. The first kappa shape index (κ1) is 30.0. The zero-order valence-electron chi connectivity index (χ0n) is 26.1. The number of hydrogen-bond donors (Lipinski definition) is 2. The molecule has 42 heavy (non-hydrogen) atoms. The van der Waals surface area contributed by atoms with Crippen LogP contribution in [0.2, 0.25) is 0 Å². The molecule has 3 heteroatoms. The summed E-state index contributed by atoms with van der Waals surface area (Å²) in [5.41, 5.74) is 13.9. The normalized spacial score (nSPS) is 19.0. The van der Waals surface area contributed by atoms with Crippen molar-refractivity contribution in [2.24, 2.45) is 11.8 Å². The number of pyridine rings is 1. The van der Waals surface area contributed by atoms with Gasteiger partial charge in [0.1, 0.15) is 5.76 Å². The molecule has 2 aromatic rings. The highest BCUT2D eigenvalue weighted by Gasteiger charge is 2.35. The van der Waals surface area contributed by atoms with Crippen LogP contribution in [0.1, 0.15) is 90.5 Å². The van der Waals surface area contributed by atoms with Gasteiger partial charge in [-0.1, -0.05) is 62.2 Å². The molecule has 5 rings (SSSR count). The molecule has 2 unspecified atom stereocenters. The van der Waals surface area contributed by atoms with E-state index in [9.17, 15) is 5.11 Å². The van der Waals surface area contributed by atoms with Crippen LogP contribution in [0.4, 0.5) is 0 Å². The molecule has 2 N–H and O–H groups in total. The third-order valence-electron chi connectivity index (χ3n) is 9.62. The summed E-state index contributed by atoms with van der Waals surface area (Å²) in [4.78, 5) is 5.38. The fourth-order valence-corrected chi connectivity index (χ4v) is 6.90. The molecule has 0 spiro atoms. The largest absolute Gasteiger partial charge is 0.508 e. The van der Waals surface area contributed by atoms with Gasteiger partial charge in [0.25, 0.3) is 0 Å². The van der Waals surface area contributed by atoms with Crippen molar-refractivity contribution < 1.29 is 5.11 Å². The number of hydrogen-bond acceptors (Lipinski definition) is 3. The highest BCUT2D eigenvalue weighted by Crippen LogP contribution is 2.48. The molecule has 2 saturated carbocycles. The Morgan fingerprint density at radius 3 is 2.33 bits per heavy atom. The van der Waals surface area contributed by atoms with Crippen LogP contribution in [0.5, 0.6) is 0 Å². The van der Waals surface area contributed by atoms with Crippen LogP contribution in [0, 0.1) is 32.6 Å². The van der Waals surface area contributed by atoms with Crippen LogP contribution in [0.25, 0.3) is 0 Å². The molecule has 1 aromatic carbocycles. The van der Waals surface area contributed by atoms with E-state index in [1.54, 1.807) is 0 Å². The second kappa shape index (κ2) is 12.8. The van der Waals surface area contributed by atoms with Gasteiger partial charge in [0.15, 0.2) is 0 Å². The Kier molecular flexibility index (Phi) is 9.18. The molecule has 1 heterocycles. The van der Waals surface area contributed by atoms with Gasteiger partial charge in [0, 0.05) is 23.7 Å². The lowest BCUT2D eigenvalue weighted by atomic mass is 9.83. The van der Waals surface area contributed by atoms with Crippen molar-refractivity contribution in [2.45, 2.75) is 84.1 Å². The molecule has 0 amide bonds. The second-order valence-corrected chi connectivity index (χ2v) is 12.7. The van der Waals surface area contributed by atoms with Crippen molar-refractivity contribution in [1.29, 1.82) is 0 Å². The van der Waals surface area contributed by atoms with Gasteiger partial charge < -0.3 is 10.4 Å². The number of aromatic nitrogens is 1. The fourth-order valence-electron chi connectivity index (χ4n) is 6.90. The average Bonchev–Trinajstić information content (AvgIpc) is 3.88. The Hall–Kier alpha value is -3.43. The zero-order chi connectivity index (χ0) is 30.0. The smallest absolute Gasteiger partial charge is 0.111 e. The summed E-state index contributed by atoms with van der Waals surface area (Å²) in [6, 6.07) is 11.3. The number of nitrogens with zero attached hydrogens (tertiary/aromatic N) is 1. The minimum Gasteiger partial charge on any atom is -0.508 e. The lowest BCUT2D eigenvalue weighted by Crippen LogP contribution is -2.23. The second-order valence-electron chi connectivity index (χ2n) is 12.7. The molecular formula is C39H48N2O. The Morgan fingerprint density at radius 1 is 1.05 bits per heavy atom. The van der Waals surface area contributed by atoms with Crippen molar-refractivity contribution in [1.82, 2.24) is 10.3 Å². The Balaban J connectivity index is 1.43. The van der Waals surface area contributed by atoms with E-state index >= 15 is 0 Å². The summed E-state index contributed by atoms with van der Waals surface area (Å²) in [6.07, 6.45) is 14.8. The number of allylic oxidation sites excluding steroid dienone is 7. The molecule has 3 aliphatic rings. The lowest BCUT2D eigenvalue weighted by molar-refractivity contribution is 0.423. The minimum absolute atomic E-state index is 0.142. The van der Waals surface area contributed by atoms with E-state index in [0.717, 1.165) is 30.4 Å². The van der Waals surface area contributed by atoms with Crippen molar-refractivity contribution in [3.8, 4) is 0 Å². The van der Waals surface area contributed by atoms with E-state index in [0.29, 0.717) is 24.2 Å². The summed E-state index contributed by atoms with van der Waals surface area (Å²) in [5, 5.41) is 13.6. The third kappa shape index (κ3) is 6.63. The van der Waals surface area contributed by atoms with Gasteiger partial charge in [-0.3, -0.25) is 4.98 Å². The minimum atomic E-state index is 0.142. The maximum Gasteiger partial charge on any atom is 0.111 e. The standard InChI is InChI=1S/C39H48N2O/c1-8-34(29-13-14-29)35(39(40-7)37-24(2)10-9-11-25(37)3)21-20-33-19-12-26(4)38(41-33)36(30-15-16-30)23-31-17-18-32(28(6)42)22-27(31)5/h8-12,17-19,29-30,36,39-40,42H,1,5-6,13-16,20-23H2,2-4,7H3/b35-34+. The van der Waals surface area contributed by atoms with E-state index in [1.165, 1.54) is 76.0 Å². The highest BCUT2D eigenvalue weighted by atomic mass is 16.3. The predicted octanol–water partition coefficient (Wildman–Crippen LogP) is 9.56. The van der Waals surface area contributed by atoms with Crippen molar-refractivity contribution >= 4 is 0 Å². The molecule has 1 aromatic heterocycles. The van der Waals surface area contributed by atoms with Gasteiger partial charge in [0.05, 0.1) is 6.04 Å². The Bertz CT molecular complexity index is 1460. The lowest BCUT2D eigenvalue weighted by Gasteiger charge is -2.27. The number of benzene rings is 1. The molecule has 0 bridgehead atoms. The van der Waals surface area contributed by atoms with Crippen LogP contribution in [-0.2, 0) is 6.42 Å². The van der Waals surface area contributed by atoms with Crippen LogP contribution >= 0.6 is 0 Å². The summed E-state index contributed by atoms with van der Waals surface area (Å²) in [7, 11) is 2.09. The average molecular weight is 561 g/mol. The van der Waals surface area contributed by atoms with Gasteiger partial charge in [-0.25, -0.2) is 0 Å². The number of aliphatic hydroxyl groups is 1. The monoisotopic (exact) mass is 560 g/mol. The number of aryl methyl sites for hydroxylation is 4. The summed E-state index contributed by atoms with van der Waals surface area (Å²) in [5.74, 6) is 1.84. The fraction of sp³-hybridized carbons (Fsp3) is 0.410. The maximum absolute atomic E-state index is 9.87. The quantitative estimate of drug-likeness (QED) is 0.189. The van der Waals surface area contributed by atoms with Crippen LogP contribution in [-0.4, -0.2) is 17.1 Å². The predicted molar refractivity (Wildman–Crippen MR) is 177 cm³/mol. The number of rotatable bonds is 13. The molecule has 0 aliphatic heterocycles. The van der Waals surface area contributed by atoms with Gasteiger partial charge in [0.2, 0.25) is 0 Å². The number of nitrogens with one attached hydrogen (secondary N) is 1. The molecule has 220 valence electrons. The molecular weight excluding hydrogens is 512 g/mol. The molecule has 2 atom stereocenters. The van der Waals surface area contributed by atoms with Gasteiger partial charge in [-0.2, -0.15) is 0 Å². The van der Waals surface area contributed by atoms with Crippen LogP contribution in [0.15, 0.2) is 102 Å². The van der Waals surface area contributed by atoms with Gasteiger partial charge in [-0.05, 0) is 141 Å². The number of aliphatic hydroxyl groups excluding tert-OH is 1. The van der Waals surface area contributed by atoms with Crippen molar-refractivity contribution in [3.63, 3.8) is 0 Å². The molecule has 0 radical (unpaired) electrons. The van der Waals surface area contributed by atoms with E-state index < -0.39 is 0 Å². The van der Waals surface area contributed by atoms with E-state index in [1.807, 2.05) is 6.08 Å². The van der Waals surface area contributed by atoms with Crippen LogP contribution < -0.4 is 5.32 Å². The van der Waals surface area contributed by atoms with Crippen molar-refractivity contribution in [2.75, 3.05) is 7.05 Å². The van der Waals surface area contributed by atoms with Crippen LogP contribution in [0.3, 0.4) is 0 Å². The Morgan fingerprint density at radius 2 is 1.76 bits per heavy atom.